The van der Waals surface area contributed by atoms with Crippen LogP contribution in [-0.2, 0) is 4.79 Å². The molecule has 0 aliphatic rings. The highest BCUT2D eigenvalue weighted by Gasteiger charge is 2.02. The lowest BCUT2D eigenvalue weighted by molar-refractivity contribution is -0.114. The van der Waals surface area contributed by atoms with E-state index in [1.54, 1.807) is 30.3 Å². The number of rotatable bonds is 3. The summed E-state index contributed by atoms with van der Waals surface area (Å²) in [5.74, 6) is -0.649. The molecule has 2 rings (SSSR count). The van der Waals surface area contributed by atoms with Gasteiger partial charge in [0.25, 0.3) is 0 Å². The van der Waals surface area contributed by atoms with Crippen molar-refractivity contribution in [2.75, 3.05) is 10.6 Å². The van der Waals surface area contributed by atoms with Crippen LogP contribution in [0.4, 0.5) is 21.5 Å². The summed E-state index contributed by atoms with van der Waals surface area (Å²) in [6, 6.07) is 12.9. The van der Waals surface area contributed by atoms with Gasteiger partial charge in [0.2, 0.25) is 5.91 Å². The summed E-state index contributed by atoms with van der Waals surface area (Å²) in [4.78, 5) is 11.0. The van der Waals surface area contributed by atoms with Crippen LogP contribution in [0.5, 0.6) is 0 Å². The minimum absolute atomic E-state index is 0.167. The standard InChI is InChI=1S/C15H12FN3O/c1-10(20)18-13-3-2-4-14(8-13)19-15-6-11(9-17)5-12(16)7-15/h2-8,19H,1H3,(H,18,20). The Kier molecular flexibility index (Phi) is 3.96. The quantitative estimate of drug-likeness (QED) is 0.897. The van der Waals surface area contributed by atoms with Crippen molar-refractivity contribution in [1.82, 2.24) is 0 Å². The average molecular weight is 269 g/mol. The van der Waals surface area contributed by atoms with Crippen molar-refractivity contribution in [3.05, 3.63) is 53.8 Å². The molecule has 0 aliphatic carbocycles. The van der Waals surface area contributed by atoms with E-state index in [0.717, 1.165) is 0 Å². The number of carbonyl (C=O) groups excluding carboxylic acids is 1. The molecule has 2 aromatic rings. The number of halogens is 1. The Morgan fingerprint density at radius 2 is 1.90 bits per heavy atom. The first kappa shape index (κ1) is 13.6. The fourth-order valence-corrected chi connectivity index (χ4v) is 1.77. The number of benzene rings is 2. The van der Waals surface area contributed by atoms with Gasteiger partial charge in [-0.2, -0.15) is 5.26 Å². The van der Waals surface area contributed by atoms with E-state index in [0.29, 0.717) is 17.1 Å². The van der Waals surface area contributed by atoms with Crippen LogP contribution in [0.1, 0.15) is 12.5 Å². The Hall–Kier alpha value is -2.87. The minimum Gasteiger partial charge on any atom is -0.355 e. The lowest BCUT2D eigenvalue weighted by Crippen LogP contribution is -2.05. The van der Waals surface area contributed by atoms with Gasteiger partial charge in [0.1, 0.15) is 5.82 Å². The van der Waals surface area contributed by atoms with Crippen LogP contribution in [0.25, 0.3) is 0 Å². The Morgan fingerprint density at radius 1 is 1.15 bits per heavy atom. The number of nitriles is 1. The first-order valence-corrected chi connectivity index (χ1v) is 5.92. The van der Waals surface area contributed by atoms with Crippen molar-refractivity contribution in [3.63, 3.8) is 0 Å². The second-order valence-electron chi connectivity index (χ2n) is 4.23. The van der Waals surface area contributed by atoms with Gasteiger partial charge >= 0.3 is 0 Å². The van der Waals surface area contributed by atoms with Gasteiger partial charge < -0.3 is 10.6 Å². The van der Waals surface area contributed by atoms with Crippen molar-refractivity contribution >= 4 is 23.0 Å². The molecule has 2 N–H and O–H groups in total. The topological polar surface area (TPSA) is 64.9 Å². The van der Waals surface area contributed by atoms with E-state index in [-0.39, 0.29) is 11.5 Å². The van der Waals surface area contributed by atoms with Gasteiger partial charge in [0.15, 0.2) is 0 Å². The third kappa shape index (κ3) is 3.56. The third-order valence-electron chi connectivity index (χ3n) is 2.50. The van der Waals surface area contributed by atoms with Gasteiger partial charge in [-0.25, -0.2) is 4.39 Å². The van der Waals surface area contributed by atoms with Crippen molar-refractivity contribution in [2.45, 2.75) is 6.92 Å². The summed E-state index contributed by atoms with van der Waals surface area (Å²) in [6.45, 7) is 1.42. The molecule has 0 fully saturated rings. The molecule has 0 aromatic heterocycles. The maximum Gasteiger partial charge on any atom is 0.221 e. The van der Waals surface area contributed by atoms with Crippen LogP contribution >= 0.6 is 0 Å². The van der Waals surface area contributed by atoms with Crippen molar-refractivity contribution < 1.29 is 9.18 Å². The predicted molar refractivity (Wildman–Crippen MR) is 75.1 cm³/mol. The molecule has 0 spiro atoms. The van der Waals surface area contributed by atoms with Gasteiger partial charge in [-0.05, 0) is 36.4 Å². The molecule has 0 saturated carbocycles. The van der Waals surface area contributed by atoms with Gasteiger partial charge in [0, 0.05) is 24.0 Å². The maximum absolute atomic E-state index is 13.3. The van der Waals surface area contributed by atoms with E-state index in [1.165, 1.54) is 19.1 Å². The Balaban J connectivity index is 2.24. The van der Waals surface area contributed by atoms with Crippen molar-refractivity contribution in [1.29, 1.82) is 5.26 Å². The van der Waals surface area contributed by atoms with E-state index in [1.807, 2.05) is 6.07 Å². The molecular weight excluding hydrogens is 257 g/mol. The van der Waals surface area contributed by atoms with Crippen molar-refractivity contribution in [3.8, 4) is 6.07 Å². The number of hydrogen-bond acceptors (Lipinski definition) is 3. The van der Waals surface area contributed by atoms with Crippen LogP contribution in [0.15, 0.2) is 42.5 Å². The molecule has 5 heteroatoms. The number of carbonyl (C=O) groups is 1. The first-order chi connectivity index (χ1) is 9.56. The predicted octanol–water partition coefficient (Wildman–Crippen LogP) is 3.40. The molecule has 0 aliphatic heterocycles. The highest BCUT2D eigenvalue weighted by atomic mass is 19.1. The molecule has 0 unspecified atom stereocenters. The SMILES string of the molecule is CC(=O)Nc1cccc(Nc2cc(F)cc(C#N)c2)c1. The largest absolute Gasteiger partial charge is 0.355 e. The number of nitrogens with one attached hydrogen (secondary N) is 2. The monoisotopic (exact) mass is 269 g/mol. The summed E-state index contributed by atoms with van der Waals surface area (Å²) >= 11 is 0. The van der Waals surface area contributed by atoms with Crippen LogP contribution in [0, 0.1) is 17.1 Å². The van der Waals surface area contributed by atoms with Gasteiger partial charge in [0.05, 0.1) is 11.6 Å². The lowest BCUT2D eigenvalue weighted by atomic mass is 10.2. The summed E-state index contributed by atoms with van der Waals surface area (Å²) in [6.07, 6.45) is 0. The van der Waals surface area contributed by atoms with Crippen LogP contribution in [0.2, 0.25) is 0 Å². The molecule has 0 bridgehead atoms. The smallest absolute Gasteiger partial charge is 0.221 e. The normalized spacial score (nSPS) is 9.65. The summed E-state index contributed by atoms with van der Waals surface area (Å²) in [5.41, 5.74) is 2.04. The molecular formula is C15H12FN3O. The number of hydrogen-bond donors (Lipinski definition) is 2. The number of nitrogens with zero attached hydrogens (tertiary/aromatic N) is 1. The molecule has 100 valence electrons. The Morgan fingerprint density at radius 3 is 2.60 bits per heavy atom. The van der Waals surface area contributed by atoms with E-state index in [9.17, 15) is 9.18 Å². The van der Waals surface area contributed by atoms with E-state index < -0.39 is 5.82 Å². The second kappa shape index (κ2) is 5.85. The molecule has 0 heterocycles. The third-order valence-corrected chi connectivity index (χ3v) is 2.50. The molecule has 0 radical (unpaired) electrons. The van der Waals surface area contributed by atoms with E-state index in [2.05, 4.69) is 10.6 Å². The van der Waals surface area contributed by atoms with E-state index in [4.69, 9.17) is 5.26 Å². The van der Waals surface area contributed by atoms with Crippen molar-refractivity contribution in [2.24, 2.45) is 0 Å². The average Bonchev–Trinajstić information content (AvgIpc) is 2.37. The highest BCUT2D eigenvalue weighted by Crippen LogP contribution is 2.21. The summed E-state index contributed by atoms with van der Waals surface area (Å²) < 4.78 is 13.3. The molecule has 0 saturated heterocycles. The summed E-state index contributed by atoms with van der Waals surface area (Å²) in [7, 11) is 0. The van der Waals surface area contributed by atoms with Gasteiger partial charge in [-0.1, -0.05) is 6.07 Å². The molecule has 20 heavy (non-hydrogen) atoms. The maximum atomic E-state index is 13.3. The van der Waals surface area contributed by atoms with E-state index >= 15 is 0 Å². The lowest BCUT2D eigenvalue weighted by Gasteiger charge is -2.09. The molecule has 4 nitrogen and oxygen atoms in total. The number of anilines is 3. The van der Waals surface area contributed by atoms with Gasteiger partial charge in [-0.3, -0.25) is 4.79 Å². The van der Waals surface area contributed by atoms with Gasteiger partial charge in [-0.15, -0.1) is 0 Å². The Bertz CT molecular complexity index is 692. The van der Waals surface area contributed by atoms with Crippen LogP contribution in [0.3, 0.4) is 0 Å². The first-order valence-electron chi connectivity index (χ1n) is 5.92. The van der Waals surface area contributed by atoms with Crippen LogP contribution in [-0.4, -0.2) is 5.91 Å². The Labute approximate surface area is 115 Å². The van der Waals surface area contributed by atoms with Crippen LogP contribution < -0.4 is 10.6 Å². The zero-order valence-electron chi connectivity index (χ0n) is 10.8. The second-order valence-corrected chi connectivity index (χ2v) is 4.23. The molecule has 0 atom stereocenters. The molecule has 2 aromatic carbocycles. The number of amides is 1. The fourth-order valence-electron chi connectivity index (χ4n) is 1.77. The fraction of sp³-hybridized carbons (Fsp3) is 0.0667. The zero-order valence-corrected chi connectivity index (χ0v) is 10.8. The zero-order chi connectivity index (χ0) is 14.5. The summed E-state index contributed by atoms with van der Waals surface area (Å²) in [5, 5.41) is 14.5. The highest BCUT2D eigenvalue weighted by molar-refractivity contribution is 5.89. The minimum atomic E-state index is -0.482. The molecule has 1 amide bonds.